The van der Waals surface area contributed by atoms with Crippen LogP contribution in [-0.2, 0) is 11.2 Å². The molecule has 1 aromatic carbocycles. The lowest BCUT2D eigenvalue weighted by molar-refractivity contribution is 0.590. The molecule has 0 amide bonds. The number of hydrogen-bond acceptors (Lipinski definition) is 3. The van der Waals surface area contributed by atoms with Gasteiger partial charge in [0.15, 0.2) is 0 Å². The Labute approximate surface area is 124 Å². The van der Waals surface area contributed by atoms with Crippen LogP contribution in [0.5, 0.6) is 0 Å². The summed E-state index contributed by atoms with van der Waals surface area (Å²) in [5.74, 6) is 0.853. The van der Waals surface area contributed by atoms with Crippen molar-refractivity contribution in [1.29, 1.82) is 5.26 Å². The third-order valence-electron chi connectivity index (χ3n) is 3.06. The van der Waals surface area contributed by atoms with Crippen LogP contribution in [0.2, 0.25) is 0 Å². The summed E-state index contributed by atoms with van der Waals surface area (Å²) in [5.41, 5.74) is 3.14. The van der Waals surface area contributed by atoms with E-state index < -0.39 is 0 Å². The van der Waals surface area contributed by atoms with Crippen molar-refractivity contribution in [2.24, 2.45) is 0 Å². The molecule has 0 aliphatic carbocycles. The van der Waals surface area contributed by atoms with Gasteiger partial charge in [-0.25, -0.2) is 4.98 Å². The van der Waals surface area contributed by atoms with E-state index in [0.717, 1.165) is 11.3 Å². The third kappa shape index (κ3) is 3.85. The molecule has 0 saturated carbocycles. The van der Waals surface area contributed by atoms with Gasteiger partial charge in [0.05, 0.1) is 0 Å². The van der Waals surface area contributed by atoms with Gasteiger partial charge in [0.2, 0.25) is 0 Å². The molecule has 0 unspecified atom stereocenters. The van der Waals surface area contributed by atoms with Crippen molar-refractivity contribution in [2.75, 3.05) is 0 Å². The smallest absolute Gasteiger partial charge is 0.140 e. The summed E-state index contributed by atoms with van der Waals surface area (Å²) < 4.78 is 0. The van der Waals surface area contributed by atoms with E-state index in [9.17, 15) is 0 Å². The van der Waals surface area contributed by atoms with Gasteiger partial charge in [-0.3, -0.25) is 0 Å². The Morgan fingerprint density at radius 3 is 2.45 bits per heavy atom. The van der Waals surface area contributed by atoms with Crippen molar-refractivity contribution in [3.63, 3.8) is 0 Å². The molecule has 0 radical (unpaired) electrons. The van der Waals surface area contributed by atoms with E-state index in [1.165, 1.54) is 10.5 Å². The largest absolute Gasteiger partial charge is 0.246 e. The fourth-order valence-electron chi connectivity index (χ4n) is 1.84. The molecule has 2 aromatic rings. The highest BCUT2D eigenvalue weighted by atomic mass is 32.2. The summed E-state index contributed by atoms with van der Waals surface area (Å²) >= 11 is 1.77. The van der Waals surface area contributed by atoms with E-state index in [-0.39, 0.29) is 5.41 Å². The maximum absolute atomic E-state index is 8.83. The van der Waals surface area contributed by atoms with Crippen molar-refractivity contribution in [1.82, 2.24) is 4.98 Å². The zero-order chi connectivity index (χ0) is 14.6. The number of aromatic nitrogens is 1. The van der Waals surface area contributed by atoms with Crippen molar-refractivity contribution >= 4 is 11.8 Å². The molecule has 0 atom stereocenters. The first-order valence-electron chi connectivity index (χ1n) is 6.57. The maximum Gasteiger partial charge on any atom is 0.140 e. The van der Waals surface area contributed by atoms with Gasteiger partial charge in [0.1, 0.15) is 11.8 Å². The van der Waals surface area contributed by atoms with Crippen LogP contribution >= 0.6 is 11.8 Å². The van der Waals surface area contributed by atoms with Crippen LogP contribution in [0, 0.1) is 11.3 Å². The normalized spacial score (nSPS) is 11.1. The summed E-state index contributed by atoms with van der Waals surface area (Å²) in [6, 6.07) is 14.6. The summed E-state index contributed by atoms with van der Waals surface area (Å²) in [4.78, 5) is 5.22. The van der Waals surface area contributed by atoms with Crippen LogP contribution in [0.25, 0.3) is 0 Å². The van der Waals surface area contributed by atoms with E-state index >= 15 is 0 Å². The monoisotopic (exact) mass is 282 g/mol. The minimum Gasteiger partial charge on any atom is -0.246 e. The second kappa shape index (κ2) is 6.11. The Morgan fingerprint density at radius 1 is 1.15 bits per heavy atom. The van der Waals surface area contributed by atoms with Gasteiger partial charge in [-0.2, -0.15) is 5.26 Å². The Bertz CT molecular complexity index is 619. The van der Waals surface area contributed by atoms with E-state index in [1.807, 2.05) is 12.1 Å². The molecule has 1 heterocycles. The van der Waals surface area contributed by atoms with Crippen molar-refractivity contribution < 1.29 is 0 Å². The van der Waals surface area contributed by atoms with Crippen LogP contribution in [0.4, 0.5) is 0 Å². The standard InChI is InChI=1S/C17H18N2S/c1-17(2,3)14-4-6-16(7-5-14)20-12-13-8-9-19-15(10-13)11-18/h4-10H,12H2,1-3H3. The van der Waals surface area contributed by atoms with E-state index in [4.69, 9.17) is 5.26 Å². The van der Waals surface area contributed by atoms with Crippen molar-refractivity contribution in [3.05, 3.63) is 59.4 Å². The SMILES string of the molecule is CC(C)(C)c1ccc(SCc2ccnc(C#N)c2)cc1. The molecule has 0 N–H and O–H groups in total. The van der Waals surface area contributed by atoms with Gasteiger partial charge in [-0.1, -0.05) is 32.9 Å². The lowest BCUT2D eigenvalue weighted by Crippen LogP contribution is -2.10. The number of rotatable bonds is 3. The Balaban J connectivity index is 2.02. The van der Waals surface area contributed by atoms with Crippen LogP contribution in [-0.4, -0.2) is 4.98 Å². The first-order valence-corrected chi connectivity index (χ1v) is 7.56. The fraction of sp³-hybridized carbons (Fsp3) is 0.294. The average molecular weight is 282 g/mol. The Kier molecular flexibility index (Phi) is 4.46. The van der Waals surface area contributed by atoms with E-state index in [2.05, 4.69) is 56.1 Å². The lowest BCUT2D eigenvalue weighted by Gasteiger charge is -2.19. The molecular formula is C17H18N2S. The van der Waals surface area contributed by atoms with Gasteiger partial charge in [0, 0.05) is 16.8 Å². The molecular weight excluding hydrogens is 264 g/mol. The summed E-state index contributed by atoms with van der Waals surface area (Å²) in [7, 11) is 0. The number of thioether (sulfide) groups is 1. The van der Waals surface area contributed by atoms with Gasteiger partial charge in [-0.15, -0.1) is 11.8 Å². The first kappa shape index (κ1) is 14.6. The van der Waals surface area contributed by atoms with Crippen LogP contribution in [0.3, 0.4) is 0 Å². The van der Waals surface area contributed by atoms with Gasteiger partial charge in [0.25, 0.3) is 0 Å². The molecule has 2 rings (SSSR count). The molecule has 0 aliphatic heterocycles. The molecule has 3 heteroatoms. The predicted molar refractivity (Wildman–Crippen MR) is 83.7 cm³/mol. The molecule has 0 bridgehead atoms. The molecule has 0 aliphatic rings. The second-order valence-electron chi connectivity index (χ2n) is 5.72. The maximum atomic E-state index is 8.83. The quantitative estimate of drug-likeness (QED) is 0.775. The van der Waals surface area contributed by atoms with E-state index in [0.29, 0.717) is 5.69 Å². The minimum absolute atomic E-state index is 0.190. The summed E-state index contributed by atoms with van der Waals surface area (Å²) in [6.45, 7) is 6.65. The topological polar surface area (TPSA) is 36.7 Å². The number of benzene rings is 1. The lowest BCUT2D eigenvalue weighted by atomic mass is 9.87. The third-order valence-corrected chi connectivity index (χ3v) is 4.15. The highest BCUT2D eigenvalue weighted by Gasteiger charge is 2.12. The van der Waals surface area contributed by atoms with Crippen molar-refractivity contribution in [2.45, 2.75) is 36.8 Å². The summed E-state index contributed by atoms with van der Waals surface area (Å²) in [6.07, 6.45) is 1.69. The molecule has 2 nitrogen and oxygen atoms in total. The molecule has 102 valence electrons. The average Bonchev–Trinajstić information content (AvgIpc) is 2.45. The number of nitrogens with zero attached hydrogens (tertiary/aromatic N) is 2. The molecule has 0 spiro atoms. The van der Waals surface area contributed by atoms with Crippen LogP contribution in [0.15, 0.2) is 47.5 Å². The Morgan fingerprint density at radius 2 is 1.85 bits per heavy atom. The molecule has 0 fully saturated rings. The molecule has 0 saturated heterocycles. The number of pyridine rings is 1. The van der Waals surface area contributed by atoms with Gasteiger partial charge in [-0.05, 0) is 40.8 Å². The molecule has 1 aromatic heterocycles. The highest BCUT2D eigenvalue weighted by molar-refractivity contribution is 7.98. The zero-order valence-corrected chi connectivity index (χ0v) is 12.9. The van der Waals surface area contributed by atoms with Crippen LogP contribution in [0.1, 0.15) is 37.6 Å². The predicted octanol–water partition coefficient (Wildman–Crippen LogP) is 4.54. The zero-order valence-electron chi connectivity index (χ0n) is 12.1. The Hall–Kier alpha value is -1.79. The second-order valence-corrected chi connectivity index (χ2v) is 6.77. The first-order chi connectivity index (χ1) is 9.49. The highest BCUT2D eigenvalue weighted by Crippen LogP contribution is 2.27. The van der Waals surface area contributed by atoms with Crippen molar-refractivity contribution in [3.8, 4) is 6.07 Å². The summed E-state index contributed by atoms with van der Waals surface area (Å²) in [5, 5.41) is 8.83. The minimum atomic E-state index is 0.190. The van der Waals surface area contributed by atoms with Crippen LogP contribution < -0.4 is 0 Å². The van der Waals surface area contributed by atoms with Gasteiger partial charge < -0.3 is 0 Å². The van der Waals surface area contributed by atoms with E-state index in [1.54, 1.807) is 18.0 Å². The van der Waals surface area contributed by atoms with Gasteiger partial charge >= 0.3 is 0 Å². The number of hydrogen-bond donors (Lipinski definition) is 0. The number of nitriles is 1. The molecule has 20 heavy (non-hydrogen) atoms. The fourth-order valence-corrected chi connectivity index (χ4v) is 2.68.